The standard InChI is InChI=1S/C27H31NO7/c1-19(2)28(21-15-13-20(14-16-21)23-11-8-18-34-23)26(31)27(32,33)22-9-5-6-10-24(22)35-17-7-3-4-12-25(29)30/h5-6,8-11,13-16,18-19,32-33H,3-4,7,12,17H2,1-2H3,(H,29,30). The van der Waals surface area contributed by atoms with Crippen LogP contribution in [0.25, 0.3) is 11.3 Å². The Morgan fingerprint density at radius 3 is 2.31 bits per heavy atom. The fraction of sp³-hybridized carbons (Fsp3) is 0.333. The Balaban J connectivity index is 1.77. The molecule has 2 aromatic carbocycles. The van der Waals surface area contributed by atoms with Gasteiger partial charge < -0.3 is 29.4 Å². The van der Waals surface area contributed by atoms with Gasteiger partial charge in [-0.3, -0.25) is 9.59 Å². The number of para-hydroxylation sites is 1. The molecule has 1 aromatic heterocycles. The van der Waals surface area contributed by atoms with Gasteiger partial charge in [0.15, 0.2) is 0 Å². The van der Waals surface area contributed by atoms with Crippen molar-refractivity contribution in [2.24, 2.45) is 0 Å². The number of anilines is 1. The predicted octanol–water partition coefficient (Wildman–Crippen LogP) is 4.55. The summed E-state index contributed by atoms with van der Waals surface area (Å²) in [7, 11) is 0. The lowest BCUT2D eigenvalue weighted by Crippen LogP contribution is -2.50. The zero-order chi connectivity index (χ0) is 25.4. The second-order valence-electron chi connectivity index (χ2n) is 8.51. The van der Waals surface area contributed by atoms with Crippen molar-refractivity contribution in [3.63, 3.8) is 0 Å². The highest BCUT2D eigenvalue weighted by molar-refractivity contribution is 5.99. The number of aliphatic carboxylic acids is 1. The van der Waals surface area contributed by atoms with Crippen molar-refractivity contribution in [3.8, 4) is 17.1 Å². The van der Waals surface area contributed by atoms with Crippen LogP contribution in [-0.4, -0.2) is 39.8 Å². The second kappa shape index (κ2) is 11.7. The molecule has 0 fully saturated rings. The summed E-state index contributed by atoms with van der Waals surface area (Å²) in [5.74, 6) is -3.71. The van der Waals surface area contributed by atoms with Crippen LogP contribution in [0.3, 0.4) is 0 Å². The van der Waals surface area contributed by atoms with E-state index in [-0.39, 0.29) is 30.4 Å². The third-order valence-corrected chi connectivity index (χ3v) is 5.54. The minimum Gasteiger partial charge on any atom is -0.493 e. The van der Waals surface area contributed by atoms with Crippen LogP contribution < -0.4 is 9.64 Å². The molecule has 3 rings (SSSR count). The average Bonchev–Trinajstić information content (AvgIpc) is 3.36. The van der Waals surface area contributed by atoms with Crippen LogP contribution in [0, 0.1) is 0 Å². The van der Waals surface area contributed by atoms with Crippen LogP contribution in [0.5, 0.6) is 5.75 Å². The van der Waals surface area contributed by atoms with Gasteiger partial charge in [0.2, 0.25) is 0 Å². The number of carbonyl (C=O) groups is 2. The summed E-state index contributed by atoms with van der Waals surface area (Å²) in [5.41, 5.74) is 1.27. The summed E-state index contributed by atoms with van der Waals surface area (Å²) in [6.07, 6.45) is 3.46. The van der Waals surface area contributed by atoms with Gasteiger partial charge in [-0.25, -0.2) is 0 Å². The summed E-state index contributed by atoms with van der Waals surface area (Å²) in [4.78, 5) is 25.4. The van der Waals surface area contributed by atoms with E-state index in [9.17, 15) is 19.8 Å². The fourth-order valence-electron chi connectivity index (χ4n) is 3.78. The van der Waals surface area contributed by atoms with Crippen LogP contribution in [0.1, 0.15) is 45.1 Å². The number of hydrogen-bond donors (Lipinski definition) is 3. The Labute approximate surface area is 204 Å². The minimum atomic E-state index is -2.83. The summed E-state index contributed by atoms with van der Waals surface area (Å²) in [5, 5.41) is 30.8. The van der Waals surface area contributed by atoms with Crippen LogP contribution >= 0.6 is 0 Å². The van der Waals surface area contributed by atoms with Crippen molar-refractivity contribution < 1.29 is 34.1 Å². The van der Waals surface area contributed by atoms with Gasteiger partial charge in [0.1, 0.15) is 11.5 Å². The number of carbonyl (C=O) groups excluding carboxylic acids is 1. The molecule has 0 aliphatic carbocycles. The Kier molecular flexibility index (Phi) is 8.68. The number of carboxylic acids is 1. The fourth-order valence-corrected chi connectivity index (χ4v) is 3.78. The molecule has 186 valence electrons. The van der Waals surface area contributed by atoms with Gasteiger partial charge in [-0.1, -0.05) is 12.1 Å². The van der Waals surface area contributed by atoms with E-state index in [1.165, 1.54) is 11.0 Å². The lowest BCUT2D eigenvalue weighted by molar-refractivity contribution is -0.187. The topological polar surface area (TPSA) is 120 Å². The molecule has 8 heteroatoms. The molecule has 1 heterocycles. The molecule has 0 unspecified atom stereocenters. The Hall–Kier alpha value is -3.62. The largest absolute Gasteiger partial charge is 0.493 e. The first kappa shape index (κ1) is 26.0. The number of furan rings is 1. The van der Waals surface area contributed by atoms with Gasteiger partial charge >= 0.3 is 5.97 Å². The highest BCUT2D eigenvalue weighted by Gasteiger charge is 2.42. The van der Waals surface area contributed by atoms with Crippen LogP contribution in [-0.2, 0) is 15.4 Å². The number of rotatable bonds is 12. The normalized spacial score (nSPS) is 11.5. The molecule has 0 aliphatic heterocycles. The third kappa shape index (κ3) is 6.49. The molecule has 0 bridgehead atoms. The molecule has 35 heavy (non-hydrogen) atoms. The summed E-state index contributed by atoms with van der Waals surface area (Å²) in [6, 6.07) is 16.6. The molecule has 0 atom stereocenters. The van der Waals surface area contributed by atoms with E-state index in [4.69, 9.17) is 14.3 Å². The number of benzene rings is 2. The van der Waals surface area contributed by atoms with Crippen LogP contribution in [0.15, 0.2) is 71.3 Å². The van der Waals surface area contributed by atoms with E-state index in [0.717, 1.165) is 5.56 Å². The maximum atomic E-state index is 13.4. The first-order valence-electron chi connectivity index (χ1n) is 11.6. The van der Waals surface area contributed by atoms with Crippen molar-refractivity contribution in [1.82, 2.24) is 0 Å². The molecule has 0 saturated heterocycles. The van der Waals surface area contributed by atoms with E-state index >= 15 is 0 Å². The lowest BCUT2D eigenvalue weighted by atomic mass is 10.0. The van der Waals surface area contributed by atoms with Gasteiger partial charge in [-0.2, -0.15) is 0 Å². The quantitative estimate of drug-likeness (QED) is 0.256. The Morgan fingerprint density at radius 1 is 0.971 bits per heavy atom. The first-order valence-corrected chi connectivity index (χ1v) is 11.6. The van der Waals surface area contributed by atoms with Crippen LogP contribution in [0.2, 0.25) is 0 Å². The molecule has 0 aliphatic rings. The SMILES string of the molecule is CC(C)N(C(=O)C(O)(O)c1ccccc1OCCCCCC(=O)O)c1ccc(-c2ccco2)cc1. The predicted molar refractivity (Wildman–Crippen MR) is 131 cm³/mol. The minimum absolute atomic E-state index is 0.0617. The number of hydrogen-bond acceptors (Lipinski definition) is 6. The van der Waals surface area contributed by atoms with Crippen molar-refractivity contribution in [2.75, 3.05) is 11.5 Å². The van der Waals surface area contributed by atoms with Gasteiger partial charge in [0, 0.05) is 23.7 Å². The van der Waals surface area contributed by atoms with E-state index < -0.39 is 17.7 Å². The number of amides is 1. The van der Waals surface area contributed by atoms with E-state index in [1.54, 1.807) is 68.6 Å². The van der Waals surface area contributed by atoms with Gasteiger partial charge in [-0.05, 0) is 81.6 Å². The highest BCUT2D eigenvalue weighted by atomic mass is 16.5. The molecular formula is C27H31NO7. The van der Waals surface area contributed by atoms with Crippen molar-refractivity contribution in [2.45, 2.75) is 51.4 Å². The zero-order valence-corrected chi connectivity index (χ0v) is 19.9. The van der Waals surface area contributed by atoms with Gasteiger partial charge in [0.25, 0.3) is 11.7 Å². The van der Waals surface area contributed by atoms with Gasteiger partial charge in [0.05, 0.1) is 18.4 Å². The first-order chi connectivity index (χ1) is 16.7. The maximum Gasteiger partial charge on any atom is 0.303 e. The zero-order valence-electron chi connectivity index (χ0n) is 19.9. The molecule has 3 N–H and O–H groups in total. The summed E-state index contributed by atoms with van der Waals surface area (Å²) < 4.78 is 11.1. The van der Waals surface area contributed by atoms with Crippen molar-refractivity contribution >= 4 is 17.6 Å². The number of ether oxygens (including phenoxy) is 1. The van der Waals surface area contributed by atoms with Crippen LogP contribution in [0.4, 0.5) is 5.69 Å². The molecular weight excluding hydrogens is 450 g/mol. The molecule has 3 aromatic rings. The highest BCUT2D eigenvalue weighted by Crippen LogP contribution is 2.33. The smallest absolute Gasteiger partial charge is 0.303 e. The Morgan fingerprint density at radius 2 is 1.69 bits per heavy atom. The number of carboxylic acid groups (broad SMARTS) is 1. The van der Waals surface area contributed by atoms with Crippen molar-refractivity contribution in [1.29, 1.82) is 0 Å². The lowest BCUT2D eigenvalue weighted by Gasteiger charge is -2.33. The molecule has 8 nitrogen and oxygen atoms in total. The van der Waals surface area contributed by atoms with Crippen molar-refractivity contribution in [3.05, 3.63) is 72.5 Å². The Bertz CT molecular complexity index is 1100. The summed E-state index contributed by atoms with van der Waals surface area (Å²) >= 11 is 0. The number of nitrogens with zero attached hydrogens (tertiary/aromatic N) is 1. The van der Waals surface area contributed by atoms with E-state index in [2.05, 4.69) is 0 Å². The third-order valence-electron chi connectivity index (χ3n) is 5.54. The molecule has 0 saturated carbocycles. The molecule has 0 spiro atoms. The van der Waals surface area contributed by atoms with E-state index in [1.807, 2.05) is 6.07 Å². The molecule has 0 radical (unpaired) electrons. The van der Waals surface area contributed by atoms with E-state index in [0.29, 0.717) is 30.7 Å². The number of unbranched alkanes of at least 4 members (excludes halogenated alkanes) is 2. The number of aliphatic hydroxyl groups is 2. The average molecular weight is 482 g/mol. The molecule has 1 amide bonds. The van der Waals surface area contributed by atoms with Gasteiger partial charge in [-0.15, -0.1) is 0 Å². The maximum absolute atomic E-state index is 13.4. The monoisotopic (exact) mass is 481 g/mol. The summed E-state index contributed by atoms with van der Waals surface area (Å²) in [6.45, 7) is 3.82. The second-order valence-corrected chi connectivity index (χ2v) is 8.51.